The van der Waals surface area contributed by atoms with E-state index in [4.69, 9.17) is 4.52 Å². The standard InChI is InChI=1S/C14H19N5O/c1-10(9-17-14(15-2)16-3)13-18-12(19-20-13)11-7-5-4-6-8-11/h4-8,10H,9H2,1-3H3,(H2,15,16,17). The maximum absolute atomic E-state index is 5.32. The summed E-state index contributed by atoms with van der Waals surface area (Å²) in [6.07, 6.45) is 0. The van der Waals surface area contributed by atoms with Crippen molar-refractivity contribution in [2.45, 2.75) is 12.8 Å². The average molecular weight is 273 g/mol. The maximum Gasteiger partial charge on any atom is 0.231 e. The van der Waals surface area contributed by atoms with Crippen LogP contribution in [-0.2, 0) is 0 Å². The lowest BCUT2D eigenvalue weighted by Gasteiger charge is -2.10. The summed E-state index contributed by atoms with van der Waals surface area (Å²) in [5, 5.41) is 10.2. The van der Waals surface area contributed by atoms with E-state index in [0.29, 0.717) is 18.3 Å². The second-order valence-corrected chi connectivity index (χ2v) is 4.43. The number of nitrogens with zero attached hydrogens (tertiary/aromatic N) is 3. The van der Waals surface area contributed by atoms with Crippen molar-refractivity contribution >= 4 is 5.96 Å². The number of rotatable bonds is 4. The molecule has 0 amide bonds. The smallest absolute Gasteiger partial charge is 0.231 e. The summed E-state index contributed by atoms with van der Waals surface area (Å²) in [5.74, 6) is 2.07. The van der Waals surface area contributed by atoms with Gasteiger partial charge in [0.15, 0.2) is 5.96 Å². The Morgan fingerprint density at radius 2 is 2.10 bits per heavy atom. The van der Waals surface area contributed by atoms with Crippen molar-refractivity contribution in [3.8, 4) is 11.4 Å². The fourth-order valence-electron chi connectivity index (χ4n) is 1.76. The molecule has 1 unspecified atom stereocenters. The lowest BCUT2D eigenvalue weighted by atomic mass is 10.2. The van der Waals surface area contributed by atoms with Crippen LogP contribution in [0.25, 0.3) is 11.4 Å². The van der Waals surface area contributed by atoms with Crippen molar-refractivity contribution in [2.75, 3.05) is 20.6 Å². The molecule has 0 radical (unpaired) electrons. The van der Waals surface area contributed by atoms with Gasteiger partial charge in [0.2, 0.25) is 11.7 Å². The summed E-state index contributed by atoms with van der Waals surface area (Å²) >= 11 is 0. The molecule has 0 aliphatic rings. The van der Waals surface area contributed by atoms with Gasteiger partial charge >= 0.3 is 0 Å². The fraction of sp³-hybridized carbons (Fsp3) is 0.357. The van der Waals surface area contributed by atoms with Crippen molar-refractivity contribution < 1.29 is 4.52 Å². The van der Waals surface area contributed by atoms with E-state index < -0.39 is 0 Å². The third kappa shape index (κ3) is 3.34. The minimum atomic E-state index is 0.102. The predicted octanol–water partition coefficient (Wildman–Crippen LogP) is 1.63. The Labute approximate surface area is 118 Å². The van der Waals surface area contributed by atoms with Crippen LogP contribution in [0.5, 0.6) is 0 Å². The lowest BCUT2D eigenvalue weighted by Crippen LogP contribution is -2.36. The van der Waals surface area contributed by atoms with Crippen LogP contribution in [0.4, 0.5) is 0 Å². The van der Waals surface area contributed by atoms with E-state index in [1.807, 2.05) is 44.3 Å². The molecule has 1 heterocycles. The minimum Gasteiger partial charge on any atom is -0.359 e. The number of nitrogens with one attached hydrogen (secondary N) is 2. The molecule has 6 nitrogen and oxygen atoms in total. The molecule has 0 aliphatic carbocycles. The van der Waals surface area contributed by atoms with E-state index >= 15 is 0 Å². The van der Waals surface area contributed by atoms with Gasteiger partial charge in [0.25, 0.3) is 0 Å². The van der Waals surface area contributed by atoms with Crippen LogP contribution in [-0.4, -0.2) is 36.7 Å². The predicted molar refractivity (Wildman–Crippen MR) is 78.6 cm³/mol. The Morgan fingerprint density at radius 3 is 2.75 bits per heavy atom. The van der Waals surface area contributed by atoms with Gasteiger partial charge in [0.05, 0.1) is 5.92 Å². The molecule has 0 fully saturated rings. The topological polar surface area (TPSA) is 75.3 Å². The molecule has 2 rings (SSSR count). The Morgan fingerprint density at radius 1 is 1.35 bits per heavy atom. The zero-order chi connectivity index (χ0) is 14.4. The number of aliphatic imine (C=N–C) groups is 1. The van der Waals surface area contributed by atoms with Gasteiger partial charge in [-0.3, -0.25) is 4.99 Å². The van der Waals surface area contributed by atoms with Gasteiger partial charge in [-0.2, -0.15) is 4.98 Å². The summed E-state index contributed by atoms with van der Waals surface area (Å²) in [6.45, 7) is 2.70. The molecule has 106 valence electrons. The van der Waals surface area contributed by atoms with E-state index in [9.17, 15) is 0 Å². The van der Waals surface area contributed by atoms with Gasteiger partial charge in [-0.05, 0) is 0 Å². The van der Waals surface area contributed by atoms with Crippen LogP contribution in [0.3, 0.4) is 0 Å². The minimum absolute atomic E-state index is 0.102. The number of hydrogen-bond acceptors (Lipinski definition) is 4. The first-order valence-electron chi connectivity index (χ1n) is 6.52. The van der Waals surface area contributed by atoms with Gasteiger partial charge in [0, 0.05) is 26.2 Å². The maximum atomic E-state index is 5.32. The van der Waals surface area contributed by atoms with Gasteiger partial charge in [-0.25, -0.2) is 0 Å². The van der Waals surface area contributed by atoms with Crippen molar-refractivity contribution in [2.24, 2.45) is 4.99 Å². The van der Waals surface area contributed by atoms with E-state index in [0.717, 1.165) is 11.5 Å². The molecule has 1 aromatic heterocycles. The highest BCUT2D eigenvalue weighted by Gasteiger charge is 2.15. The van der Waals surface area contributed by atoms with Crippen molar-refractivity contribution in [1.29, 1.82) is 0 Å². The third-order valence-electron chi connectivity index (χ3n) is 2.93. The van der Waals surface area contributed by atoms with Crippen LogP contribution < -0.4 is 10.6 Å². The first-order valence-corrected chi connectivity index (χ1v) is 6.52. The molecule has 0 aliphatic heterocycles. The van der Waals surface area contributed by atoms with E-state index in [1.54, 1.807) is 7.05 Å². The Hall–Kier alpha value is -2.37. The molecule has 0 spiro atoms. The first-order chi connectivity index (χ1) is 9.74. The Bertz CT molecular complexity index is 564. The highest BCUT2D eigenvalue weighted by atomic mass is 16.5. The number of benzene rings is 1. The van der Waals surface area contributed by atoms with Crippen LogP contribution in [0, 0.1) is 0 Å². The largest absolute Gasteiger partial charge is 0.359 e. The third-order valence-corrected chi connectivity index (χ3v) is 2.93. The number of hydrogen-bond donors (Lipinski definition) is 2. The quantitative estimate of drug-likeness (QED) is 0.654. The molecule has 1 atom stereocenters. The van der Waals surface area contributed by atoms with Crippen molar-refractivity contribution in [3.05, 3.63) is 36.2 Å². The molecule has 0 bridgehead atoms. The molecule has 6 heteroatoms. The Kier molecular flexibility index (Phi) is 4.70. The summed E-state index contributed by atoms with van der Waals surface area (Å²) in [5.41, 5.74) is 0.952. The normalized spacial score (nSPS) is 13.1. The fourth-order valence-corrected chi connectivity index (χ4v) is 1.76. The van der Waals surface area contributed by atoms with Crippen LogP contribution in [0.1, 0.15) is 18.7 Å². The van der Waals surface area contributed by atoms with Gasteiger partial charge in [-0.15, -0.1) is 0 Å². The molecule has 20 heavy (non-hydrogen) atoms. The number of aromatic nitrogens is 2. The van der Waals surface area contributed by atoms with Gasteiger partial charge in [0.1, 0.15) is 0 Å². The molecular formula is C14H19N5O. The second kappa shape index (κ2) is 6.70. The highest BCUT2D eigenvalue weighted by Crippen LogP contribution is 2.18. The van der Waals surface area contributed by atoms with E-state index in [-0.39, 0.29) is 5.92 Å². The first kappa shape index (κ1) is 14.0. The van der Waals surface area contributed by atoms with Crippen molar-refractivity contribution in [3.63, 3.8) is 0 Å². The van der Waals surface area contributed by atoms with Crippen LogP contribution in [0.15, 0.2) is 39.8 Å². The van der Waals surface area contributed by atoms with Gasteiger partial charge < -0.3 is 15.2 Å². The second-order valence-electron chi connectivity index (χ2n) is 4.43. The molecule has 2 aromatic rings. The van der Waals surface area contributed by atoms with Crippen molar-refractivity contribution in [1.82, 2.24) is 20.8 Å². The molecule has 0 saturated heterocycles. The lowest BCUT2D eigenvalue weighted by molar-refractivity contribution is 0.358. The molecule has 2 N–H and O–H groups in total. The summed E-state index contributed by atoms with van der Waals surface area (Å²) in [7, 11) is 3.55. The zero-order valence-electron chi connectivity index (χ0n) is 11.9. The van der Waals surface area contributed by atoms with Crippen LogP contribution >= 0.6 is 0 Å². The SMILES string of the molecule is CN=C(NC)NCC(C)c1nc(-c2ccccc2)no1. The summed E-state index contributed by atoms with van der Waals surface area (Å²) < 4.78 is 5.32. The molecule has 0 saturated carbocycles. The monoisotopic (exact) mass is 273 g/mol. The molecule has 1 aromatic carbocycles. The van der Waals surface area contributed by atoms with Gasteiger partial charge in [-0.1, -0.05) is 42.4 Å². The Balaban J connectivity index is 2.02. The van der Waals surface area contributed by atoms with E-state index in [2.05, 4.69) is 25.8 Å². The van der Waals surface area contributed by atoms with E-state index in [1.165, 1.54) is 0 Å². The summed E-state index contributed by atoms with van der Waals surface area (Å²) in [6, 6.07) is 9.78. The number of guanidine groups is 1. The zero-order valence-corrected chi connectivity index (χ0v) is 11.9. The van der Waals surface area contributed by atoms with Crippen LogP contribution in [0.2, 0.25) is 0 Å². The highest BCUT2D eigenvalue weighted by molar-refractivity contribution is 5.79. The molecular weight excluding hydrogens is 254 g/mol. The summed E-state index contributed by atoms with van der Waals surface area (Å²) in [4.78, 5) is 8.48. The average Bonchev–Trinajstić information content (AvgIpc) is 2.99.